The molecule has 6 nitrogen and oxygen atoms in total. The highest BCUT2D eigenvalue weighted by molar-refractivity contribution is 14.1. The Morgan fingerprint density at radius 3 is 2.29 bits per heavy atom. The maximum Gasteiger partial charge on any atom is 0.151 e. The van der Waals surface area contributed by atoms with Gasteiger partial charge in [-0.1, -0.05) is 12.1 Å². The molecule has 3 heterocycles. The summed E-state index contributed by atoms with van der Waals surface area (Å²) in [6, 6.07) is 7.91. The fraction of sp³-hybridized carbons (Fsp3) is 0.435. The molecule has 0 saturated carbocycles. The van der Waals surface area contributed by atoms with Crippen LogP contribution in [0.15, 0.2) is 36.7 Å². The number of piperidine rings is 1. The molecule has 2 N–H and O–H groups in total. The summed E-state index contributed by atoms with van der Waals surface area (Å²) in [5, 5.41) is 19.3. The molecule has 1 aliphatic heterocycles. The Kier molecular flexibility index (Phi) is 5.80. The number of aromatic amines is 1. The van der Waals surface area contributed by atoms with Crippen molar-refractivity contribution in [2.45, 2.75) is 57.7 Å². The molecule has 8 heteroatoms. The second-order valence-corrected chi connectivity index (χ2v) is 10.7. The van der Waals surface area contributed by atoms with E-state index in [1.807, 2.05) is 40.8 Å². The number of benzene rings is 1. The molecule has 3 aromatic rings. The van der Waals surface area contributed by atoms with Crippen LogP contribution in [-0.4, -0.2) is 44.6 Å². The first kappa shape index (κ1) is 22.1. The van der Waals surface area contributed by atoms with Gasteiger partial charge in [0.2, 0.25) is 0 Å². The quantitative estimate of drug-likeness (QED) is 0.460. The number of rotatable bonds is 4. The van der Waals surface area contributed by atoms with Crippen molar-refractivity contribution in [1.82, 2.24) is 25.7 Å². The lowest BCUT2D eigenvalue weighted by Crippen LogP contribution is -2.62. The van der Waals surface area contributed by atoms with E-state index in [9.17, 15) is 4.39 Å². The SMILES string of the molecule is CN(c1ccc(-c2ccc(-c3cn[nH]c3)c(F)c2I)nn1)C1CC(C)(C)NC(C)(C)C1. The van der Waals surface area contributed by atoms with Crippen molar-refractivity contribution in [3.05, 3.63) is 46.0 Å². The first-order valence-corrected chi connectivity index (χ1v) is 11.5. The van der Waals surface area contributed by atoms with Gasteiger partial charge in [-0.15, -0.1) is 10.2 Å². The van der Waals surface area contributed by atoms with Gasteiger partial charge >= 0.3 is 0 Å². The van der Waals surface area contributed by atoms with Crippen LogP contribution in [0.3, 0.4) is 0 Å². The van der Waals surface area contributed by atoms with Gasteiger partial charge in [-0.3, -0.25) is 5.10 Å². The molecule has 1 aromatic carbocycles. The van der Waals surface area contributed by atoms with Crippen molar-refractivity contribution in [3.63, 3.8) is 0 Å². The summed E-state index contributed by atoms with van der Waals surface area (Å²) < 4.78 is 15.5. The topological polar surface area (TPSA) is 69.7 Å². The van der Waals surface area contributed by atoms with E-state index in [1.54, 1.807) is 18.5 Å². The molecule has 0 atom stereocenters. The monoisotopic (exact) mass is 534 g/mol. The first-order valence-electron chi connectivity index (χ1n) is 10.4. The fourth-order valence-electron chi connectivity index (χ4n) is 4.75. The van der Waals surface area contributed by atoms with E-state index >= 15 is 0 Å². The zero-order valence-corrected chi connectivity index (χ0v) is 20.7. The van der Waals surface area contributed by atoms with E-state index in [4.69, 9.17) is 0 Å². The Morgan fingerprint density at radius 2 is 1.71 bits per heavy atom. The molecule has 0 bridgehead atoms. The zero-order valence-electron chi connectivity index (χ0n) is 18.5. The maximum absolute atomic E-state index is 15.0. The van der Waals surface area contributed by atoms with E-state index < -0.39 is 0 Å². The Balaban J connectivity index is 1.58. The fourth-order valence-corrected chi connectivity index (χ4v) is 5.50. The zero-order chi connectivity index (χ0) is 22.4. The second-order valence-electron chi connectivity index (χ2n) is 9.62. The van der Waals surface area contributed by atoms with E-state index in [1.165, 1.54) is 0 Å². The van der Waals surface area contributed by atoms with Gasteiger partial charge in [0.15, 0.2) is 5.82 Å². The lowest BCUT2D eigenvalue weighted by molar-refractivity contribution is 0.160. The summed E-state index contributed by atoms with van der Waals surface area (Å²) in [4.78, 5) is 2.22. The molecule has 2 aromatic heterocycles. The van der Waals surface area contributed by atoms with Gasteiger partial charge in [0, 0.05) is 47.1 Å². The van der Waals surface area contributed by atoms with Crippen LogP contribution in [0.4, 0.5) is 10.2 Å². The normalized spacial score (nSPS) is 18.2. The number of nitrogens with one attached hydrogen (secondary N) is 2. The van der Waals surface area contributed by atoms with E-state index in [0.29, 0.717) is 20.9 Å². The van der Waals surface area contributed by atoms with Crippen molar-refractivity contribution >= 4 is 28.4 Å². The Labute approximate surface area is 196 Å². The summed E-state index contributed by atoms with van der Waals surface area (Å²) in [6.07, 6.45) is 5.34. The molecule has 0 aliphatic carbocycles. The Morgan fingerprint density at radius 1 is 1.03 bits per heavy atom. The minimum atomic E-state index is -0.276. The first-order chi connectivity index (χ1) is 14.6. The molecule has 0 unspecified atom stereocenters. The van der Waals surface area contributed by atoms with Crippen LogP contribution in [0, 0.1) is 9.39 Å². The summed E-state index contributed by atoms with van der Waals surface area (Å²) in [6.45, 7) is 8.97. The Bertz CT molecular complexity index is 1050. The molecule has 164 valence electrons. The highest BCUT2D eigenvalue weighted by atomic mass is 127. The standard InChI is InChI=1S/C23H28FIN6/c1-22(2)10-15(11-23(3,4)30-22)31(5)19-9-8-18(28-29-19)17-7-6-16(20(24)21(17)25)14-12-26-27-13-14/h6-9,12-13,15,30H,10-11H2,1-5H3,(H,26,27). The van der Waals surface area contributed by atoms with E-state index in [2.05, 4.69) is 65.4 Å². The lowest BCUT2D eigenvalue weighted by atomic mass is 9.79. The summed E-state index contributed by atoms with van der Waals surface area (Å²) in [5.74, 6) is 0.550. The molecule has 4 rings (SSSR count). The third kappa shape index (κ3) is 4.59. The molecule has 31 heavy (non-hydrogen) atoms. The number of anilines is 1. The highest BCUT2D eigenvalue weighted by Crippen LogP contribution is 2.34. The van der Waals surface area contributed by atoms with Gasteiger partial charge in [-0.25, -0.2) is 4.39 Å². The van der Waals surface area contributed by atoms with E-state index in [0.717, 1.165) is 29.8 Å². The molecule has 1 saturated heterocycles. The van der Waals surface area contributed by atoms with Gasteiger partial charge < -0.3 is 10.2 Å². The van der Waals surface area contributed by atoms with Crippen LogP contribution in [-0.2, 0) is 0 Å². The number of hydrogen-bond donors (Lipinski definition) is 2. The minimum Gasteiger partial charge on any atom is -0.355 e. The number of halogens is 2. The Hall–Kier alpha value is -2.07. The van der Waals surface area contributed by atoms with Crippen molar-refractivity contribution in [2.24, 2.45) is 0 Å². The number of aromatic nitrogens is 4. The van der Waals surface area contributed by atoms with Crippen molar-refractivity contribution in [2.75, 3.05) is 11.9 Å². The van der Waals surface area contributed by atoms with Crippen LogP contribution < -0.4 is 10.2 Å². The second kappa shape index (κ2) is 8.12. The molecular weight excluding hydrogens is 506 g/mol. The lowest BCUT2D eigenvalue weighted by Gasteiger charge is -2.49. The van der Waals surface area contributed by atoms with Gasteiger partial charge in [0.25, 0.3) is 0 Å². The molecule has 0 amide bonds. The van der Waals surface area contributed by atoms with E-state index in [-0.39, 0.29) is 16.9 Å². The van der Waals surface area contributed by atoms with Crippen molar-refractivity contribution in [1.29, 1.82) is 0 Å². The van der Waals surface area contributed by atoms with Gasteiger partial charge in [-0.2, -0.15) is 5.10 Å². The maximum atomic E-state index is 15.0. The number of H-pyrrole nitrogens is 1. The predicted octanol–water partition coefficient (Wildman–Crippen LogP) is 5.02. The third-order valence-electron chi connectivity index (χ3n) is 5.90. The molecule has 1 fully saturated rings. The highest BCUT2D eigenvalue weighted by Gasteiger charge is 2.39. The summed E-state index contributed by atoms with van der Waals surface area (Å²) in [5.41, 5.74) is 2.73. The average Bonchev–Trinajstić information content (AvgIpc) is 3.22. The summed E-state index contributed by atoms with van der Waals surface area (Å²) >= 11 is 2.03. The van der Waals surface area contributed by atoms with Crippen LogP contribution in [0.2, 0.25) is 0 Å². The largest absolute Gasteiger partial charge is 0.355 e. The number of nitrogens with zero attached hydrogens (tertiary/aromatic N) is 4. The van der Waals surface area contributed by atoms with Crippen LogP contribution >= 0.6 is 22.6 Å². The van der Waals surface area contributed by atoms with Crippen molar-refractivity contribution < 1.29 is 4.39 Å². The van der Waals surface area contributed by atoms with Gasteiger partial charge in [-0.05, 0) is 75.3 Å². The molecule has 0 spiro atoms. The smallest absolute Gasteiger partial charge is 0.151 e. The van der Waals surface area contributed by atoms with Crippen molar-refractivity contribution in [3.8, 4) is 22.4 Å². The van der Waals surface area contributed by atoms with Crippen LogP contribution in [0.25, 0.3) is 22.4 Å². The average molecular weight is 534 g/mol. The predicted molar refractivity (Wildman–Crippen MR) is 130 cm³/mol. The summed E-state index contributed by atoms with van der Waals surface area (Å²) in [7, 11) is 2.08. The third-order valence-corrected chi connectivity index (χ3v) is 6.95. The van der Waals surface area contributed by atoms with Crippen LogP contribution in [0.5, 0.6) is 0 Å². The number of hydrogen-bond acceptors (Lipinski definition) is 5. The van der Waals surface area contributed by atoms with Gasteiger partial charge in [0.1, 0.15) is 5.82 Å². The minimum absolute atomic E-state index is 0.0540. The van der Waals surface area contributed by atoms with Crippen LogP contribution in [0.1, 0.15) is 40.5 Å². The molecular formula is C23H28FIN6. The molecule has 0 radical (unpaired) electrons. The molecule has 1 aliphatic rings. The van der Waals surface area contributed by atoms with Gasteiger partial charge in [0.05, 0.1) is 15.5 Å².